The van der Waals surface area contributed by atoms with Gasteiger partial charge < -0.3 is 44.1 Å². The van der Waals surface area contributed by atoms with Crippen molar-refractivity contribution in [3.05, 3.63) is 53.6 Å². The van der Waals surface area contributed by atoms with Crippen molar-refractivity contribution in [1.82, 2.24) is 0 Å². The molecular weight excluding hydrogens is 440 g/mol. The molecule has 178 valence electrons. The summed E-state index contributed by atoms with van der Waals surface area (Å²) in [6.07, 6.45) is -7.76. The molecular formula is C22H24O11. The molecule has 0 radical (unpaired) electrons. The monoisotopic (exact) mass is 464 g/mol. The van der Waals surface area contributed by atoms with Gasteiger partial charge in [-0.25, -0.2) is 9.59 Å². The number of hydrogen-bond acceptors (Lipinski definition) is 10. The summed E-state index contributed by atoms with van der Waals surface area (Å²) in [7, 11) is 2.55. The maximum Gasteiger partial charge on any atom is 0.338 e. The number of ether oxygens (including phenoxy) is 5. The van der Waals surface area contributed by atoms with E-state index in [1.54, 1.807) is 30.3 Å². The number of aliphatic hydroxyl groups is 3. The van der Waals surface area contributed by atoms with Crippen LogP contribution in [0.1, 0.15) is 20.7 Å². The van der Waals surface area contributed by atoms with E-state index in [-0.39, 0.29) is 28.4 Å². The Hall–Kier alpha value is -3.38. The van der Waals surface area contributed by atoms with Crippen LogP contribution < -0.4 is 14.2 Å². The van der Waals surface area contributed by atoms with Crippen LogP contribution in [-0.2, 0) is 9.47 Å². The van der Waals surface area contributed by atoms with Crippen LogP contribution in [0.15, 0.2) is 42.5 Å². The highest BCUT2D eigenvalue weighted by Crippen LogP contribution is 2.40. The zero-order chi connectivity index (χ0) is 24.1. The first kappa shape index (κ1) is 24.3. The van der Waals surface area contributed by atoms with Crippen LogP contribution in [0.3, 0.4) is 0 Å². The Bertz CT molecular complexity index is 953. The normalized spacial score (nSPS) is 24.6. The zero-order valence-corrected chi connectivity index (χ0v) is 17.8. The van der Waals surface area contributed by atoms with E-state index in [1.807, 2.05) is 0 Å². The number of carboxylic acids is 1. The summed E-state index contributed by atoms with van der Waals surface area (Å²) in [5, 5.41) is 40.2. The third kappa shape index (κ3) is 5.34. The van der Waals surface area contributed by atoms with E-state index in [0.717, 1.165) is 0 Å². The number of carbonyl (C=O) groups is 2. The zero-order valence-electron chi connectivity index (χ0n) is 17.8. The molecule has 5 atom stereocenters. The average Bonchev–Trinajstić information content (AvgIpc) is 2.83. The van der Waals surface area contributed by atoms with E-state index in [2.05, 4.69) is 0 Å². The van der Waals surface area contributed by atoms with Gasteiger partial charge in [0.1, 0.15) is 31.0 Å². The molecule has 0 unspecified atom stereocenters. The Morgan fingerprint density at radius 2 is 1.52 bits per heavy atom. The second-order valence-corrected chi connectivity index (χ2v) is 7.11. The SMILES string of the molecule is COc1cc(C(=O)O)cc(OC)c1O[C@@H]1O[C@H](COC(=O)c2ccccc2)[C@@H](O)[C@H](O)[C@H]1O. The van der Waals surface area contributed by atoms with Crippen LogP contribution in [0.25, 0.3) is 0 Å². The molecule has 11 nitrogen and oxygen atoms in total. The highest BCUT2D eigenvalue weighted by Gasteiger charge is 2.46. The summed E-state index contributed by atoms with van der Waals surface area (Å²) < 4.78 is 26.7. The molecule has 11 heteroatoms. The molecule has 0 bridgehead atoms. The van der Waals surface area contributed by atoms with Crippen LogP contribution in [0.2, 0.25) is 0 Å². The summed E-state index contributed by atoms with van der Waals surface area (Å²) >= 11 is 0. The third-order valence-electron chi connectivity index (χ3n) is 5.00. The van der Waals surface area contributed by atoms with Crippen molar-refractivity contribution in [3.8, 4) is 17.2 Å². The minimum atomic E-state index is -1.70. The van der Waals surface area contributed by atoms with E-state index < -0.39 is 49.3 Å². The van der Waals surface area contributed by atoms with Gasteiger partial charge in [-0.05, 0) is 24.3 Å². The molecule has 2 aromatic carbocycles. The standard InChI is InChI=1S/C22H24O11/c1-29-13-8-12(20(26)27)9-14(30-2)19(13)33-22-18(25)17(24)16(23)15(32-22)10-31-21(28)11-6-4-3-5-7-11/h3-9,15-18,22-25H,10H2,1-2H3,(H,26,27)/t15-,16-,17+,18-,22+/m1/s1. The van der Waals surface area contributed by atoms with E-state index in [1.165, 1.54) is 26.4 Å². The molecule has 0 aliphatic carbocycles. The van der Waals surface area contributed by atoms with Crippen molar-refractivity contribution < 1.29 is 53.7 Å². The fraction of sp³-hybridized carbons (Fsp3) is 0.364. The van der Waals surface area contributed by atoms with E-state index >= 15 is 0 Å². The Kier molecular flexibility index (Phi) is 7.71. The smallest absolute Gasteiger partial charge is 0.338 e. The van der Waals surface area contributed by atoms with Gasteiger partial charge in [-0.3, -0.25) is 0 Å². The van der Waals surface area contributed by atoms with Crippen molar-refractivity contribution in [2.45, 2.75) is 30.7 Å². The first-order chi connectivity index (χ1) is 15.8. The van der Waals surface area contributed by atoms with Crippen molar-refractivity contribution in [2.24, 2.45) is 0 Å². The molecule has 3 rings (SSSR count). The fourth-order valence-corrected chi connectivity index (χ4v) is 3.20. The second-order valence-electron chi connectivity index (χ2n) is 7.11. The summed E-state index contributed by atoms with van der Waals surface area (Å²) in [5.74, 6) is -2.06. The van der Waals surface area contributed by atoms with Gasteiger partial charge in [-0.1, -0.05) is 18.2 Å². The van der Waals surface area contributed by atoms with E-state index in [0.29, 0.717) is 0 Å². The molecule has 0 saturated carbocycles. The lowest BCUT2D eigenvalue weighted by molar-refractivity contribution is -0.277. The topological polar surface area (TPSA) is 161 Å². The van der Waals surface area contributed by atoms with E-state index in [4.69, 9.17) is 23.7 Å². The van der Waals surface area contributed by atoms with Gasteiger partial charge >= 0.3 is 11.9 Å². The molecule has 1 saturated heterocycles. The molecule has 1 fully saturated rings. The lowest BCUT2D eigenvalue weighted by atomic mass is 9.99. The number of carboxylic acid groups (broad SMARTS) is 1. The number of aliphatic hydroxyl groups excluding tert-OH is 3. The van der Waals surface area contributed by atoms with Gasteiger partial charge in [-0.15, -0.1) is 0 Å². The largest absolute Gasteiger partial charge is 0.493 e. The minimum Gasteiger partial charge on any atom is -0.493 e. The van der Waals surface area contributed by atoms with Crippen LogP contribution in [0, 0.1) is 0 Å². The Morgan fingerprint density at radius 3 is 2.06 bits per heavy atom. The molecule has 0 spiro atoms. The molecule has 0 amide bonds. The van der Waals surface area contributed by atoms with Gasteiger partial charge in [0.25, 0.3) is 0 Å². The fourth-order valence-electron chi connectivity index (χ4n) is 3.20. The summed E-state index contributed by atoms with van der Waals surface area (Å²) in [6.45, 7) is -0.440. The number of hydrogen-bond donors (Lipinski definition) is 4. The summed E-state index contributed by atoms with van der Waals surface area (Å²) in [5.41, 5.74) is 0.145. The van der Waals surface area contributed by atoms with Crippen LogP contribution in [0.4, 0.5) is 0 Å². The number of rotatable bonds is 8. The molecule has 1 aliphatic heterocycles. The predicted octanol–water partition coefficient (Wildman–Crippen LogP) is 0.445. The maximum atomic E-state index is 12.2. The molecule has 4 N–H and O–H groups in total. The number of benzene rings is 2. The Labute approximate surface area is 188 Å². The maximum absolute atomic E-state index is 12.2. The number of esters is 1. The van der Waals surface area contributed by atoms with Gasteiger partial charge in [0.05, 0.1) is 25.3 Å². The van der Waals surface area contributed by atoms with Gasteiger partial charge in [0.15, 0.2) is 11.5 Å². The van der Waals surface area contributed by atoms with Crippen molar-refractivity contribution in [3.63, 3.8) is 0 Å². The Balaban J connectivity index is 1.79. The third-order valence-corrected chi connectivity index (χ3v) is 5.00. The van der Waals surface area contributed by atoms with Crippen molar-refractivity contribution in [1.29, 1.82) is 0 Å². The number of aromatic carboxylic acids is 1. The van der Waals surface area contributed by atoms with Gasteiger partial charge in [0, 0.05) is 0 Å². The molecule has 1 heterocycles. The van der Waals surface area contributed by atoms with E-state index in [9.17, 15) is 30.0 Å². The van der Waals surface area contributed by atoms with Gasteiger partial charge in [-0.2, -0.15) is 0 Å². The molecule has 1 aliphatic rings. The van der Waals surface area contributed by atoms with Crippen LogP contribution >= 0.6 is 0 Å². The van der Waals surface area contributed by atoms with Crippen LogP contribution in [0.5, 0.6) is 17.2 Å². The first-order valence-electron chi connectivity index (χ1n) is 9.84. The quantitative estimate of drug-likeness (QED) is 0.401. The van der Waals surface area contributed by atoms with Crippen LogP contribution in [-0.4, -0.2) is 83.9 Å². The molecule has 2 aromatic rings. The Morgan fingerprint density at radius 1 is 0.909 bits per heavy atom. The lowest BCUT2D eigenvalue weighted by Gasteiger charge is -2.40. The minimum absolute atomic E-state index is 0.0322. The predicted molar refractivity (Wildman–Crippen MR) is 111 cm³/mol. The van der Waals surface area contributed by atoms with Crippen molar-refractivity contribution >= 4 is 11.9 Å². The molecule has 33 heavy (non-hydrogen) atoms. The highest BCUT2D eigenvalue weighted by molar-refractivity contribution is 5.90. The second kappa shape index (κ2) is 10.5. The first-order valence-corrected chi connectivity index (χ1v) is 9.84. The number of carbonyl (C=O) groups excluding carboxylic acids is 1. The summed E-state index contributed by atoms with van der Waals surface area (Å²) in [6, 6.07) is 10.5. The summed E-state index contributed by atoms with van der Waals surface area (Å²) in [4.78, 5) is 23.5. The molecule has 0 aromatic heterocycles. The van der Waals surface area contributed by atoms with Gasteiger partial charge in [0.2, 0.25) is 12.0 Å². The average molecular weight is 464 g/mol. The number of methoxy groups -OCH3 is 2. The highest BCUT2D eigenvalue weighted by atomic mass is 16.7. The lowest BCUT2D eigenvalue weighted by Crippen LogP contribution is -2.60. The van der Waals surface area contributed by atoms with Crippen molar-refractivity contribution in [2.75, 3.05) is 20.8 Å².